The number of thiazole rings is 1. The normalized spacial score (nSPS) is 11.3. The molecule has 7 heteroatoms. The molecule has 3 aromatic rings. The highest BCUT2D eigenvalue weighted by Gasteiger charge is 2.11. The van der Waals surface area contributed by atoms with Crippen molar-refractivity contribution >= 4 is 22.6 Å². The summed E-state index contributed by atoms with van der Waals surface area (Å²) in [6, 6.07) is 16.3. The summed E-state index contributed by atoms with van der Waals surface area (Å²) in [5.74, 6) is 0.000484. The molecule has 0 fully saturated rings. The number of rotatable bonds is 6. The highest BCUT2D eigenvalue weighted by molar-refractivity contribution is 7.11. The standard InChI is InChI=1S/C20H15F2N3OS/c1-13-6-8-14(9-7-13)17-12-27-19(25-17)15(10-23)11-24-16-4-2-3-5-18(16)26-20(21)22/h2-9,11-12,20,24H,1H3/b15-11+. The highest BCUT2D eigenvalue weighted by atomic mass is 32.1. The van der Waals surface area contributed by atoms with Crippen LogP contribution in [0.3, 0.4) is 0 Å². The van der Waals surface area contributed by atoms with Crippen LogP contribution in [0.5, 0.6) is 5.75 Å². The van der Waals surface area contributed by atoms with Crippen LogP contribution in [0, 0.1) is 18.3 Å². The van der Waals surface area contributed by atoms with E-state index in [0.29, 0.717) is 16.3 Å². The van der Waals surface area contributed by atoms with Gasteiger partial charge in [0.25, 0.3) is 0 Å². The highest BCUT2D eigenvalue weighted by Crippen LogP contribution is 2.28. The van der Waals surface area contributed by atoms with E-state index in [9.17, 15) is 14.0 Å². The number of ether oxygens (including phenoxy) is 1. The van der Waals surface area contributed by atoms with Crippen LogP contribution in [0.4, 0.5) is 14.5 Å². The first kappa shape index (κ1) is 18.5. The number of hydrogen-bond acceptors (Lipinski definition) is 5. The van der Waals surface area contributed by atoms with Crippen LogP contribution in [-0.2, 0) is 0 Å². The molecule has 0 aliphatic rings. The van der Waals surface area contributed by atoms with Gasteiger partial charge in [-0.3, -0.25) is 0 Å². The third kappa shape index (κ3) is 4.68. The number of aromatic nitrogens is 1. The number of nitrogens with one attached hydrogen (secondary N) is 1. The Morgan fingerprint density at radius 1 is 1.22 bits per heavy atom. The summed E-state index contributed by atoms with van der Waals surface area (Å²) in [6.07, 6.45) is 1.44. The summed E-state index contributed by atoms with van der Waals surface area (Å²) in [6.45, 7) is -0.919. The Kier molecular flexibility index (Phi) is 5.79. The van der Waals surface area contributed by atoms with Crippen molar-refractivity contribution in [2.24, 2.45) is 0 Å². The van der Waals surface area contributed by atoms with Crippen LogP contribution in [-0.4, -0.2) is 11.6 Å². The van der Waals surface area contributed by atoms with Gasteiger partial charge in [0.2, 0.25) is 0 Å². The van der Waals surface area contributed by atoms with E-state index in [1.807, 2.05) is 36.6 Å². The van der Waals surface area contributed by atoms with Crippen molar-refractivity contribution in [3.05, 3.63) is 70.7 Å². The SMILES string of the molecule is Cc1ccc(-c2csc(/C(C#N)=C/Nc3ccccc3OC(F)F)n2)cc1. The molecule has 0 radical (unpaired) electrons. The number of allylic oxidation sites excluding steroid dienone is 1. The van der Waals surface area contributed by atoms with Gasteiger partial charge >= 0.3 is 6.61 Å². The van der Waals surface area contributed by atoms with Crippen molar-refractivity contribution in [1.29, 1.82) is 5.26 Å². The Bertz CT molecular complexity index is 991. The molecule has 4 nitrogen and oxygen atoms in total. The third-order valence-corrected chi connectivity index (χ3v) is 4.55. The Balaban J connectivity index is 1.82. The maximum Gasteiger partial charge on any atom is 0.387 e. The van der Waals surface area contributed by atoms with Gasteiger partial charge in [-0.2, -0.15) is 14.0 Å². The summed E-state index contributed by atoms with van der Waals surface area (Å²) < 4.78 is 29.5. The Hall–Kier alpha value is -3.24. The van der Waals surface area contributed by atoms with Crippen molar-refractivity contribution < 1.29 is 13.5 Å². The smallest absolute Gasteiger partial charge is 0.387 e. The zero-order valence-electron chi connectivity index (χ0n) is 14.3. The molecular weight excluding hydrogens is 368 g/mol. The van der Waals surface area contributed by atoms with Crippen LogP contribution in [0.15, 0.2) is 60.1 Å². The lowest BCUT2D eigenvalue weighted by atomic mass is 10.1. The average molecular weight is 383 g/mol. The number of nitrogens with zero attached hydrogens (tertiary/aromatic N) is 2. The van der Waals surface area contributed by atoms with E-state index in [1.54, 1.807) is 18.2 Å². The van der Waals surface area contributed by atoms with Crippen molar-refractivity contribution in [3.8, 4) is 23.1 Å². The van der Waals surface area contributed by atoms with E-state index in [0.717, 1.165) is 16.8 Å². The minimum absolute atomic E-state index is 0.000484. The quantitative estimate of drug-likeness (QED) is 0.555. The first-order chi connectivity index (χ1) is 13.1. The molecule has 0 unspecified atom stereocenters. The zero-order chi connectivity index (χ0) is 19.2. The molecule has 2 aromatic carbocycles. The first-order valence-electron chi connectivity index (χ1n) is 8.00. The summed E-state index contributed by atoms with van der Waals surface area (Å²) in [5.41, 5.74) is 3.52. The van der Waals surface area contributed by atoms with Crippen LogP contribution >= 0.6 is 11.3 Å². The Morgan fingerprint density at radius 3 is 2.67 bits per heavy atom. The fourth-order valence-corrected chi connectivity index (χ4v) is 3.13. The number of hydrogen-bond donors (Lipinski definition) is 1. The van der Waals surface area contributed by atoms with Crippen LogP contribution in [0.1, 0.15) is 10.6 Å². The predicted molar refractivity (Wildman–Crippen MR) is 103 cm³/mol. The second-order valence-electron chi connectivity index (χ2n) is 5.59. The average Bonchev–Trinajstić information content (AvgIpc) is 3.13. The van der Waals surface area contributed by atoms with Gasteiger partial charge in [0.1, 0.15) is 22.4 Å². The molecule has 136 valence electrons. The molecule has 0 amide bonds. The van der Waals surface area contributed by atoms with Crippen LogP contribution < -0.4 is 10.1 Å². The summed E-state index contributed by atoms with van der Waals surface area (Å²) in [5, 5.41) is 14.7. The fraction of sp³-hybridized carbons (Fsp3) is 0.100. The molecular formula is C20H15F2N3OS. The summed E-state index contributed by atoms with van der Waals surface area (Å²) in [4.78, 5) is 4.50. The van der Waals surface area contributed by atoms with Gasteiger partial charge in [0.15, 0.2) is 0 Å². The van der Waals surface area contributed by atoms with E-state index in [-0.39, 0.29) is 5.75 Å². The minimum atomic E-state index is -2.93. The fourth-order valence-electron chi connectivity index (χ4n) is 2.33. The molecule has 1 heterocycles. The van der Waals surface area contributed by atoms with Gasteiger partial charge in [0.05, 0.1) is 11.4 Å². The first-order valence-corrected chi connectivity index (χ1v) is 8.88. The molecule has 0 bridgehead atoms. The van der Waals surface area contributed by atoms with E-state index >= 15 is 0 Å². The largest absolute Gasteiger partial charge is 0.433 e. The number of benzene rings is 2. The Labute approximate surface area is 159 Å². The maximum atomic E-state index is 12.5. The van der Waals surface area contributed by atoms with Gasteiger partial charge in [0, 0.05) is 17.1 Å². The van der Waals surface area contributed by atoms with Crippen molar-refractivity contribution in [3.63, 3.8) is 0 Å². The van der Waals surface area contributed by atoms with Gasteiger partial charge in [-0.15, -0.1) is 11.3 Å². The number of para-hydroxylation sites is 2. The van der Waals surface area contributed by atoms with E-state index in [1.165, 1.54) is 23.6 Å². The lowest BCUT2D eigenvalue weighted by Gasteiger charge is -2.10. The number of aryl methyl sites for hydroxylation is 1. The van der Waals surface area contributed by atoms with E-state index < -0.39 is 6.61 Å². The lowest BCUT2D eigenvalue weighted by Crippen LogP contribution is -2.04. The summed E-state index contributed by atoms with van der Waals surface area (Å²) >= 11 is 1.34. The molecule has 1 aromatic heterocycles. The van der Waals surface area contributed by atoms with Gasteiger partial charge in [-0.25, -0.2) is 4.98 Å². The molecule has 0 aliphatic heterocycles. The molecule has 0 saturated carbocycles. The second-order valence-corrected chi connectivity index (χ2v) is 6.45. The van der Waals surface area contributed by atoms with Crippen LogP contribution in [0.2, 0.25) is 0 Å². The van der Waals surface area contributed by atoms with Crippen molar-refractivity contribution in [1.82, 2.24) is 4.98 Å². The van der Waals surface area contributed by atoms with E-state index in [4.69, 9.17) is 0 Å². The zero-order valence-corrected chi connectivity index (χ0v) is 15.1. The number of nitriles is 1. The van der Waals surface area contributed by atoms with Crippen molar-refractivity contribution in [2.75, 3.05) is 5.32 Å². The molecule has 0 aliphatic carbocycles. The van der Waals surface area contributed by atoms with Crippen LogP contribution in [0.25, 0.3) is 16.8 Å². The lowest BCUT2D eigenvalue weighted by molar-refractivity contribution is -0.0493. The van der Waals surface area contributed by atoms with Crippen molar-refractivity contribution in [2.45, 2.75) is 13.5 Å². The maximum absolute atomic E-state index is 12.5. The van der Waals surface area contributed by atoms with Gasteiger partial charge < -0.3 is 10.1 Å². The minimum Gasteiger partial charge on any atom is -0.433 e. The summed E-state index contributed by atoms with van der Waals surface area (Å²) in [7, 11) is 0. The van der Waals surface area contributed by atoms with E-state index in [2.05, 4.69) is 21.1 Å². The Morgan fingerprint density at radius 2 is 1.96 bits per heavy atom. The van der Waals surface area contributed by atoms with Gasteiger partial charge in [-0.1, -0.05) is 42.0 Å². The number of alkyl halides is 2. The van der Waals surface area contributed by atoms with Gasteiger partial charge in [-0.05, 0) is 19.1 Å². The molecule has 1 N–H and O–H groups in total. The monoisotopic (exact) mass is 383 g/mol. The molecule has 0 spiro atoms. The molecule has 0 atom stereocenters. The third-order valence-electron chi connectivity index (χ3n) is 3.68. The predicted octanol–water partition coefficient (Wildman–Crippen LogP) is 5.70. The number of halogens is 2. The topological polar surface area (TPSA) is 57.9 Å². The molecule has 0 saturated heterocycles. The number of anilines is 1. The molecule has 27 heavy (non-hydrogen) atoms. The molecule has 3 rings (SSSR count). The second kappa shape index (κ2) is 8.43.